The summed E-state index contributed by atoms with van der Waals surface area (Å²) in [5.74, 6) is 1.41. The summed E-state index contributed by atoms with van der Waals surface area (Å²) in [5, 5.41) is 6.51. The molecular formula is C12H22N2O. The van der Waals surface area contributed by atoms with Crippen LogP contribution in [0.2, 0.25) is 0 Å². The van der Waals surface area contributed by atoms with Gasteiger partial charge >= 0.3 is 0 Å². The Hall–Kier alpha value is -0.570. The Morgan fingerprint density at radius 1 is 1.20 bits per heavy atom. The van der Waals surface area contributed by atoms with E-state index >= 15 is 0 Å². The maximum atomic E-state index is 11.3. The second-order valence-electron chi connectivity index (χ2n) is 5.03. The quantitative estimate of drug-likeness (QED) is 0.671. The molecule has 3 heteroatoms. The first kappa shape index (κ1) is 10.9. The third-order valence-electron chi connectivity index (χ3n) is 3.64. The van der Waals surface area contributed by atoms with E-state index in [2.05, 4.69) is 17.6 Å². The smallest absolute Gasteiger partial charge is 0.223 e. The average molecular weight is 210 g/mol. The van der Waals surface area contributed by atoms with Gasteiger partial charge in [0.2, 0.25) is 5.91 Å². The second-order valence-corrected chi connectivity index (χ2v) is 5.03. The number of rotatable bonds is 5. The summed E-state index contributed by atoms with van der Waals surface area (Å²) in [6.45, 7) is 4.03. The van der Waals surface area contributed by atoms with Crippen molar-refractivity contribution in [2.45, 2.75) is 45.1 Å². The lowest BCUT2D eigenvalue weighted by Crippen LogP contribution is -2.38. The number of hydrogen-bond acceptors (Lipinski definition) is 2. The molecule has 3 nitrogen and oxygen atoms in total. The lowest BCUT2D eigenvalue weighted by Gasteiger charge is -2.17. The first-order chi connectivity index (χ1) is 7.27. The van der Waals surface area contributed by atoms with E-state index in [1.807, 2.05) is 0 Å². The molecule has 1 amide bonds. The van der Waals surface area contributed by atoms with Crippen molar-refractivity contribution >= 4 is 5.91 Å². The van der Waals surface area contributed by atoms with Gasteiger partial charge in [-0.1, -0.05) is 13.3 Å². The summed E-state index contributed by atoms with van der Waals surface area (Å²) in [7, 11) is 0. The van der Waals surface area contributed by atoms with Gasteiger partial charge in [-0.05, 0) is 31.6 Å². The fourth-order valence-electron chi connectivity index (χ4n) is 2.38. The van der Waals surface area contributed by atoms with E-state index in [0.29, 0.717) is 12.0 Å². The largest absolute Gasteiger partial charge is 0.355 e. The van der Waals surface area contributed by atoms with Crippen molar-refractivity contribution in [3.8, 4) is 0 Å². The van der Waals surface area contributed by atoms with Crippen molar-refractivity contribution in [1.29, 1.82) is 0 Å². The first-order valence-corrected chi connectivity index (χ1v) is 6.28. The zero-order chi connectivity index (χ0) is 10.7. The van der Waals surface area contributed by atoms with Gasteiger partial charge in [-0.25, -0.2) is 0 Å². The Balaban J connectivity index is 1.52. The lowest BCUT2D eigenvalue weighted by molar-refractivity contribution is -0.122. The van der Waals surface area contributed by atoms with Crippen LogP contribution in [0, 0.1) is 11.8 Å². The van der Waals surface area contributed by atoms with Crippen LogP contribution in [0.1, 0.15) is 39.0 Å². The minimum absolute atomic E-state index is 0.260. The number of carbonyl (C=O) groups excluding carboxylic acids is 1. The van der Waals surface area contributed by atoms with Crippen LogP contribution >= 0.6 is 0 Å². The van der Waals surface area contributed by atoms with Gasteiger partial charge in [0, 0.05) is 25.0 Å². The zero-order valence-corrected chi connectivity index (χ0v) is 9.59. The minimum atomic E-state index is 0.260. The molecule has 0 aliphatic heterocycles. The van der Waals surface area contributed by atoms with Crippen molar-refractivity contribution in [1.82, 2.24) is 10.6 Å². The van der Waals surface area contributed by atoms with Crippen LogP contribution in [0.5, 0.6) is 0 Å². The van der Waals surface area contributed by atoms with Crippen LogP contribution in [0.3, 0.4) is 0 Å². The van der Waals surface area contributed by atoms with E-state index in [9.17, 15) is 4.79 Å². The highest BCUT2D eigenvalue weighted by Crippen LogP contribution is 2.28. The number of hydrogen-bond donors (Lipinski definition) is 2. The number of nitrogens with one attached hydrogen (secondary N) is 2. The molecule has 2 saturated carbocycles. The molecule has 0 aromatic rings. The molecule has 2 rings (SSSR count). The molecule has 2 aliphatic carbocycles. The molecule has 86 valence electrons. The molecule has 2 atom stereocenters. The molecule has 2 aliphatic rings. The van der Waals surface area contributed by atoms with Crippen LogP contribution in [-0.4, -0.2) is 25.0 Å². The van der Waals surface area contributed by atoms with Gasteiger partial charge in [0.05, 0.1) is 0 Å². The van der Waals surface area contributed by atoms with Gasteiger partial charge in [0.25, 0.3) is 0 Å². The third kappa shape index (κ3) is 3.20. The van der Waals surface area contributed by atoms with Crippen LogP contribution in [0.15, 0.2) is 0 Å². The normalized spacial score (nSPS) is 30.5. The van der Waals surface area contributed by atoms with Gasteiger partial charge < -0.3 is 10.6 Å². The molecule has 0 saturated heterocycles. The molecule has 2 fully saturated rings. The fraction of sp³-hybridized carbons (Fsp3) is 0.917. The zero-order valence-electron chi connectivity index (χ0n) is 9.59. The Bertz CT molecular complexity index is 226. The summed E-state index contributed by atoms with van der Waals surface area (Å²) >= 11 is 0. The van der Waals surface area contributed by atoms with E-state index in [0.717, 1.165) is 31.8 Å². The second kappa shape index (κ2) is 4.97. The Morgan fingerprint density at radius 2 is 2.00 bits per heavy atom. The average Bonchev–Trinajstić information content (AvgIpc) is 2.99. The van der Waals surface area contributed by atoms with Crippen molar-refractivity contribution in [2.24, 2.45) is 11.8 Å². The summed E-state index contributed by atoms with van der Waals surface area (Å²) < 4.78 is 0. The summed E-state index contributed by atoms with van der Waals surface area (Å²) in [4.78, 5) is 11.3. The van der Waals surface area contributed by atoms with Gasteiger partial charge in [-0.3, -0.25) is 4.79 Å². The predicted molar refractivity (Wildman–Crippen MR) is 60.5 cm³/mol. The maximum Gasteiger partial charge on any atom is 0.223 e. The molecule has 0 aromatic heterocycles. The topological polar surface area (TPSA) is 41.1 Å². The van der Waals surface area contributed by atoms with Crippen LogP contribution in [0.25, 0.3) is 0 Å². The molecule has 0 radical (unpaired) electrons. The molecule has 0 heterocycles. The van der Waals surface area contributed by atoms with Gasteiger partial charge in [-0.15, -0.1) is 0 Å². The Morgan fingerprint density at radius 3 is 2.60 bits per heavy atom. The van der Waals surface area contributed by atoms with Crippen molar-refractivity contribution in [2.75, 3.05) is 13.1 Å². The van der Waals surface area contributed by atoms with E-state index in [4.69, 9.17) is 0 Å². The monoisotopic (exact) mass is 210 g/mol. The third-order valence-corrected chi connectivity index (χ3v) is 3.64. The van der Waals surface area contributed by atoms with E-state index < -0.39 is 0 Å². The molecule has 0 bridgehead atoms. The SMILES string of the molecule is C[C@H]1CCC[C@H]1NCCNC(=O)C1CC1. The first-order valence-electron chi connectivity index (χ1n) is 6.28. The van der Waals surface area contributed by atoms with Gasteiger partial charge in [-0.2, -0.15) is 0 Å². The number of amides is 1. The number of carbonyl (C=O) groups is 1. The van der Waals surface area contributed by atoms with Crippen molar-refractivity contribution in [3.05, 3.63) is 0 Å². The van der Waals surface area contributed by atoms with E-state index in [1.165, 1.54) is 19.3 Å². The maximum absolute atomic E-state index is 11.3. The molecule has 0 unspecified atom stereocenters. The predicted octanol–water partition coefficient (Wildman–Crippen LogP) is 1.29. The molecule has 0 spiro atoms. The molecule has 0 aromatic carbocycles. The molecular weight excluding hydrogens is 188 g/mol. The van der Waals surface area contributed by atoms with Crippen LogP contribution < -0.4 is 10.6 Å². The summed E-state index contributed by atoms with van der Waals surface area (Å²) in [6, 6.07) is 0.683. The van der Waals surface area contributed by atoms with Gasteiger partial charge in [0.1, 0.15) is 0 Å². The van der Waals surface area contributed by atoms with Crippen LogP contribution in [0.4, 0.5) is 0 Å². The van der Waals surface area contributed by atoms with E-state index in [-0.39, 0.29) is 5.91 Å². The fourth-order valence-corrected chi connectivity index (χ4v) is 2.38. The van der Waals surface area contributed by atoms with Gasteiger partial charge in [0.15, 0.2) is 0 Å². The Kier molecular flexibility index (Phi) is 3.62. The molecule has 2 N–H and O–H groups in total. The summed E-state index contributed by atoms with van der Waals surface area (Å²) in [5.41, 5.74) is 0. The van der Waals surface area contributed by atoms with Crippen LogP contribution in [-0.2, 0) is 4.79 Å². The highest BCUT2D eigenvalue weighted by molar-refractivity contribution is 5.80. The highest BCUT2D eigenvalue weighted by Gasteiger charge is 2.29. The van der Waals surface area contributed by atoms with Crippen molar-refractivity contribution in [3.63, 3.8) is 0 Å². The summed E-state index contributed by atoms with van der Waals surface area (Å²) in [6.07, 6.45) is 6.20. The minimum Gasteiger partial charge on any atom is -0.355 e. The molecule has 15 heavy (non-hydrogen) atoms. The highest BCUT2D eigenvalue weighted by atomic mass is 16.2. The van der Waals surface area contributed by atoms with Crippen molar-refractivity contribution < 1.29 is 4.79 Å². The standard InChI is InChI=1S/C12H22N2O/c1-9-3-2-4-11(9)13-7-8-14-12(15)10-5-6-10/h9-11,13H,2-8H2,1H3,(H,14,15)/t9-,11+/m0/s1. The van der Waals surface area contributed by atoms with E-state index in [1.54, 1.807) is 0 Å². The lowest BCUT2D eigenvalue weighted by atomic mass is 10.1. The Labute approximate surface area is 92.0 Å².